The van der Waals surface area contributed by atoms with E-state index in [0.29, 0.717) is 0 Å². The van der Waals surface area contributed by atoms with Crippen LogP contribution in [0.5, 0.6) is 5.75 Å². The molecule has 2 nitrogen and oxygen atoms in total. The van der Waals surface area contributed by atoms with Gasteiger partial charge in [-0.05, 0) is 0 Å². The number of hydrogen-bond acceptors (Lipinski definition) is 2. The van der Waals surface area contributed by atoms with Crippen LogP contribution in [0.3, 0.4) is 0 Å². The zero-order valence-electron chi connectivity index (χ0n) is 11.7. The number of benzene rings is 2. The summed E-state index contributed by atoms with van der Waals surface area (Å²) in [5.41, 5.74) is 4.05. The fourth-order valence-electron chi connectivity index (χ4n) is 1.74. The van der Waals surface area contributed by atoms with Crippen molar-refractivity contribution in [1.82, 2.24) is 0 Å². The molecule has 0 aliphatic carbocycles. The molecule has 112 valence electrons. The first-order valence-electron chi connectivity index (χ1n) is 6.20. The van der Waals surface area contributed by atoms with E-state index in [0.717, 1.165) is 22.6 Å². The molecule has 0 amide bonds. The van der Waals surface area contributed by atoms with Crippen LogP contribution in [-0.4, -0.2) is 17.9 Å². The molecule has 0 atom stereocenters. The summed E-state index contributed by atoms with van der Waals surface area (Å²) < 4.78 is 7.13. The molecule has 5 heteroatoms. The number of aliphatic imine (C=N–C) groups is 1. The van der Waals surface area contributed by atoms with Crippen LogP contribution in [0.15, 0.2) is 47.5 Å². The van der Waals surface area contributed by atoms with Crippen molar-refractivity contribution in [1.29, 1.82) is 0 Å². The second-order valence-corrected chi connectivity index (χ2v) is 10.1. The molecule has 0 saturated heterocycles. The van der Waals surface area contributed by atoms with Crippen LogP contribution in [0.2, 0.25) is 0 Å². The summed E-state index contributed by atoms with van der Waals surface area (Å²) in [6.07, 6.45) is 1.82. The molecule has 0 aromatic heterocycles. The van der Waals surface area contributed by atoms with Crippen molar-refractivity contribution < 1.29 is 18.3 Å². The van der Waals surface area contributed by atoms with Gasteiger partial charge in [0.05, 0.1) is 0 Å². The standard InChI is InChI=1S/C16H15NO.2ClH.Ru/c1-12-4-7-15(8-5-12)17-11-14-6-9-16(18-3)10-13(14)2;;;/h2,4-11H,1,3H3;2*1H;/q;;;+2/p-2. The van der Waals surface area contributed by atoms with E-state index < -0.39 is 13.5 Å². The van der Waals surface area contributed by atoms with Gasteiger partial charge in [0.15, 0.2) is 0 Å². The van der Waals surface area contributed by atoms with E-state index in [1.807, 2.05) is 53.3 Å². The van der Waals surface area contributed by atoms with Gasteiger partial charge in [-0.15, -0.1) is 0 Å². The van der Waals surface area contributed by atoms with Crippen LogP contribution in [0.4, 0.5) is 5.69 Å². The average Bonchev–Trinajstić information content (AvgIpc) is 2.47. The Kier molecular flexibility index (Phi) is 6.11. The predicted molar refractivity (Wildman–Crippen MR) is 88.3 cm³/mol. The summed E-state index contributed by atoms with van der Waals surface area (Å²) in [7, 11) is 13.6. The minimum atomic E-state index is -1.90. The Labute approximate surface area is 137 Å². The van der Waals surface area contributed by atoms with Gasteiger partial charge in [-0.25, -0.2) is 0 Å². The Bertz CT molecular complexity index is 677. The van der Waals surface area contributed by atoms with Gasteiger partial charge >= 0.3 is 138 Å². The Morgan fingerprint density at radius 2 is 1.76 bits per heavy atom. The molecule has 0 N–H and O–H groups in total. The fraction of sp³-hybridized carbons (Fsp3) is 0.125. The van der Waals surface area contributed by atoms with Gasteiger partial charge in [0.2, 0.25) is 0 Å². The first-order chi connectivity index (χ1) is 10.1. The molecule has 0 heterocycles. The topological polar surface area (TPSA) is 21.6 Å². The van der Waals surface area contributed by atoms with Crippen molar-refractivity contribution in [2.45, 2.75) is 6.92 Å². The summed E-state index contributed by atoms with van der Waals surface area (Å²) in [5, 5.41) is 0. The molecule has 21 heavy (non-hydrogen) atoms. The number of nitrogens with zero attached hydrogens (tertiary/aromatic N) is 1. The summed E-state index contributed by atoms with van der Waals surface area (Å²) in [4.78, 5) is 4.48. The third kappa shape index (κ3) is 5.03. The van der Waals surface area contributed by atoms with Crippen molar-refractivity contribution in [3.8, 4) is 5.75 Å². The molecule has 2 aromatic carbocycles. The minimum absolute atomic E-state index is 0.775. The molecule has 0 fully saturated rings. The van der Waals surface area contributed by atoms with Crippen LogP contribution in [-0.2, 0) is 13.5 Å². The van der Waals surface area contributed by atoms with E-state index in [-0.39, 0.29) is 0 Å². The summed E-state index contributed by atoms with van der Waals surface area (Å²) in [6.45, 7) is 2.05. The van der Waals surface area contributed by atoms with E-state index in [1.54, 1.807) is 7.11 Å². The molecule has 0 bridgehead atoms. The van der Waals surface area contributed by atoms with Crippen molar-refractivity contribution in [3.05, 3.63) is 59.2 Å². The first kappa shape index (κ1) is 16.4. The third-order valence-corrected chi connectivity index (χ3v) is 4.70. The van der Waals surface area contributed by atoms with Crippen LogP contribution >= 0.6 is 19.4 Å². The van der Waals surface area contributed by atoms with Gasteiger partial charge in [0, 0.05) is 0 Å². The van der Waals surface area contributed by atoms with E-state index in [2.05, 4.69) is 11.9 Å². The zero-order chi connectivity index (χ0) is 15.2. The van der Waals surface area contributed by atoms with Crippen LogP contribution in [0, 0.1) is 6.92 Å². The molecule has 0 saturated carbocycles. The molecule has 0 radical (unpaired) electrons. The number of hydrogen-bond donors (Lipinski definition) is 0. The Morgan fingerprint density at radius 1 is 1.05 bits per heavy atom. The Balaban J connectivity index is 2.34. The van der Waals surface area contributed by atoms with E-state index in [9.17, 15) is 0 Å². The number of methoxy groups -OCH3 is 1. The quantitative estimate of drug-likeness (QED) is 0.524. The molecule has 2 aromatic rings. The van der Waals surface area contributed by atoms with Crippen molar-refractivity contribution >= 4 is 35.9 Å². The second-order valence-electron chi connectivity index (χ2n) is 4.40. The van der Waals surface area contributed by atoms with Crippen molar-refractivity contribution in [2.75, 3.05) is 7.11 Å². The van der Waals surface area contributed by atoms with E-state index in [4.69, 9.17) is 24.1 Å². The SMILES string of the molecule is COc1ccc(C=Nc2ccc(C)cc2)c([CH]=[Ru]([Cl])[Cl])c1. The summed E-state index contributed by atoms with van der Waals surface area (Å²) in [6, 6.07) is 13.8. The first-order valence-corrected chi connectivity index (χ1v) is 11.7. The normalized spacial score (nSPS) is 11.5. The average molecular weight is 409 g/mol. The number of rotatable bonds is 4. The third-order valence-electron chi connectivity index (χ3n) is 2.87. The molecular formula is C16H15Cl2NORu. The zero-order valence-corrected chi connectivity index (χ0v) is 14.9. The van der Waals surface area contributed by atoms with E-state index in [1.165, 1.54) is 5.56 Å². The fourth-order valence-corrected chi connectivity index (χ4v) is 3.57. The van der Waals surface area contributed by atoms with Gasteiger partial charge in [0.25, 0.3) is 0 Å². The molecule has 0 aliphatic rings. The van der Waals surface area contributed by atoms with Crippen LogP contribution in [0.25, 0.3) is 0 Å². The molecule has 0 aliphatic heterocycles. The van der Waals surface area contributed by atoms with Gasteiger partial charge in [-0.1, -0.05) is 0 Å². The second kappa shape index (κ2) is 7.84. The van der Waals surface area contributed by atoms with Gasteiger partial charge in [-0.2, -0.15) is 0 Å². The molecule has 0 unspecified atom stereocenters. The van der Waals surface area contributed by atoms with Crippen LogP contribution < -0.4 is 4.74 Å². The number of aryl methyl sites for hydroxylation is 1. The van der Waals surface area contributed by atoms with Gasteiger partial charge < -0.3 is 0 Å². The Hall–Kier alpha value is -1.02. The maximum absolute atomic E-state index is 5.98. The Morgan fingerprint density at radius 3 is 2.38 bits per heavy atom. The van der Waals surface area contributed by atoms with E-state index >= 15 is 0 Å². The molecule has 2 rings (SSSR count). The summed E-state index contributed by atoms with van der Waals surface area (Å²) >= 11 is -1.90. The van der Waals surface area contributed by atoms with Gasteiger partial charge in [-0.3, -0.25) is 0 Å². The predicted octanol–water partition coefficient (Wildman–Crippen LogP) is 4.83. The van der Waals surface area contributed by atoms with Crippen molar-refractivity contribution in [3.63, 3.8) is 0 Å². The number of ether oxygens (including phenoxy) is 1. The molecular weight excluding hydrogens is 394 g/mol. The number of halogens is 2. The summed E-state index contributed by atoms with van der Waals surface area (Å²) in [5.74, 6) is 0.775. The monoisotopic (exact) mass is 409 g/mol. The van der Waals surface area contributed by atoms with Gasteiger partial charge in [0.1, 0.15) is 0 Å². The van der Waals surface area contributed by atoms with Crippen LogP contribution in [0.1, 0.15) is 16.7 Å². The molecule has 0 spiro atoms. The maximum atomic E-state index is 5.98. The van der Waals surface area contributed by atoms with Crippen molar-refractivity contribution in [2.24, 2.45) is 4.99 Å².